The molecule has 1 atom stereocenters. The minimum atomic E-state index is -0.694. The first kappa shape index (κ1) is 20.4. The van der Waals surface area contributed by atoms with Gasteiger partial charge in [0.1, 0.15) is 11.4 Å². The third-order valence-electron chi connectivity index (χ3n) is 5.97. The van der Waals surface area contributed by atoms with Gasteiger partial charge in [-0.3, -0.25) is 9.69 Å². The summed E-state index contributed by atoms with van der Waals surface area (Å²) in [6.07, 6.45) is 4.72. The number of ether oxygens (including phenoxy) is 1. The van der Waals surface area contributed by atoms with Crippen LogP contribution in [-0.4, -0.2) is 44.2 Å². The van der Waals surface area contributed by atoms with Gasteiger partial charge in [0.05, 0.1) is 23.9 Å². The summed E-state index contributed by atoms with van der Waals surface area (Å²) in [5, 5.41) is 9.05. The second-order valence-electron chi connectivity index (χ2n) is 9.34. The maximum atomic E-state index is 12.5. The van der Waals surface area contributed by atoms with Crippen LogP contribution in [0.4, 0.5) is 4.79 Å². The van der Waals surface area contributed by atoms with Crippen molar-refractivity contribution in [1.29, 1.82) is 0 Å². The van der Waals surface area contributed by atoms with Gasteiger partial charge in [-0.15, -0.1) is 0 Å². The third kappa shape index (κ3) is 4.20. The smallest absolute Gasteiger partial charge is 0.410 e. The number of aromatic amines is 1. The largest absolute Gasteiger partial charge is 0.481 e. The van der Waals surface area contributed by atoms with Crippen molar-refractivity contribution in [2.75, 3.05) is 6.54 Å². The summed E-state index contributed by atoms with van der Waals surface area (Å²) in [6, 6.07) is 8.13. The fourth-order valence-corrected chi connectivity index (χ4v) is 4.27. The standard InChI is InChI=1S/C23H29N3O4/c1-23(2,3)30-22(29)26-10-4-5-19(26)20-24-13-18(25-20)15-8-6-14(7-9-15)16-11-17(12-16)21(27)28/h6-9,13,16-17,19H,4-5,10-12H2,1-3H3,(H,24,25)(H,27,28)/t16?,17?,19-/m0/s1. The van der Waals surface area contributed by atoms with Crippen LogP contribution in [0.3, 0.4) is 0 Å². The zero-order chi connectivity index (χ0) is 21.5. The van der Waals surface area contributed by atoms with Gasteiger partial charge < -0.3 is 14.8 Å². The molecule has 0 radical (unpaired) electrons. The molecule has 0 unspecified atom stereocenters. The SMILES string of the molecule is CC(C)(C)OC(=O)N1CCC[C@H]1c1ncc(-c2ccc(C3CC(C(=O)O)C3)cc2)[nH]1. The predicted molar refractivity (Wildman–Crippen MR) is 112 cm³/mol. The van der Waals surface area contributed by atoms with E-state index in [0.29, 0.717) is 25.3 Å². The van der Waals surface area contributed by atoms with Crippen LogP contribution in [0.1, 0.15) is 69.8 Å². The third-order valence-corrected chi connectivity index (χ3v) is 5.97. The minimum absolute atomic E-state index is 0.101. The Balaban J connectivity index is 1.44. The number of nitrogens with one attached hydrogen (secondary N) is 1. The van der Waals surface area contributed by atoms with Gasteiger partial charge in [-0.05, 0) is 63.5 Å². The Morgan fingerprint density at radius 3 is 2.53 bits per heavy atom. The lowest BCUT2D eigenvalue weighted by Gasteiger charge is -2.32. The van der Waals surface area contributed by atoms with Gasteiger partial charge in [0, 0.05) is 6.54 Å². The number of amides is 1. The molecule has 1 amide bonds. The van der Waals surface area contributed by atoms with Crippen molar-refractivity contribution in [3.05, 3.63) is 41.9 Å². The van der Waals surface area contributed by atoms with Gasteiger partial charge >= 0.3 is 12.1 Å². The van der Waals surface area contributed by atoms with Gasteiger partial charge in [0.2, 0.25) is 0 Å². The van der Waals surface area contributed by atoms with Crippen molar-refractivity contribution >= 4 is 12.1 Å². The number of carboxylic acid groups (broad SMARTS) is 1. The highest BCUT2D eigenvalue weighted by atomic mass is 16.6. The number of rotatable bonds is 4. The first-order valence-electron chi connectivity index (χ1n) is 10.6. The molecule has 2 N–H and O–H groups in total. The van der Waals surface area contributed by atoms with Crippen molar-refractivity contribution < 1.29 is 19.4 Å². The number of H-pyrrole nitrogens is 1. The summed E-state index contributed by atoms with van der Waals surface area (Å²) in [4.78, 5) is 33.2. The molecule has 2 heterocycles. The molecular weight excluding hydrogens is 382 g/mol. The van der Waals surface area contributed by atoms with E-state index < -0.39 is 11.6 Å². The first-order chi connectivity index (χ1) is 14.2. The van der Waals surface area contributed by atoms with Crippen molar-refractivity contribution in [3.8, 4) is 11.3 Å². The van der Waals surface area contributed by atoms with E-state index in [-0.39, 0.29) is 18.1 Å². The number of likely N-dealkylation sites (tertiary alicyclic amines) is 1. The lowest BCUT2D eigenvalue weighted by atomic mass is 9.71. The summed E-state index contributed by atoms with van der Waals surface area (Å²) in [6.45, 7) is 6.28. The second-order valence-corrected chi connectivity index (χ2v) is 9.34. The number of aromatic nitrogens is 2. The normalized spacial score (nSPS) is 23.8. The van der Waals surface area contributed by atoms with Crippen LogP contribution < -0.4 is 0 Å². The lowest BCUT2D eigenvalue weighted by molar-refractivity contribution is -0.145. The molecule has 1 aromatic carbocycles. The van der Waals surface area contributed by atoms with Crippen LogP contribution in [0.5, 0.6) is 0 Å². The number of carbonyl (C=O) groups excluding carboxylic acids is 1. The number of hydrogen-bond acceptors (Lipinski definition) is 4. The number of carbonyl (C=O) groups is 2. The van der Waals surface area contributed by atoms with E-state index in [1.165, 1.54) is 5.56 Å². The molecular formula is C23H29N3O4. The summed E-state index contributed by atoms with van der Waals surface area (Å²) in [5.41, 5.74) is 2.59. The fraction of sp³-hybridized carbons (Fsp3) is 0.522. The summed E-state index contributed by atoms with van der Waals surface area (Å²) in [7, 11) is 0. The Bertz CT molecular complexity index is 923. The van der Waals surface area contributed by atoms with Gasteiger partial charge in [0.25, 0.3) is 0 Å². The van der Waals surface area contributed by atoms with Crippen LogP contribution in [0, 0.1) is 5.92 Å². The molecule has 0 bridgehead atoms. The number of imidazole rings is 1. The quantitative estimate of drug-likeness (QED) is 0.758. The van der Waals surface area contributed by atoms with E-state index in [1.807, 2.05) is 32.9 Å². The van der Waals surface area contributed by atoms with E-state index in [9.17, 15) is 9.59 Å². The Morgan fingerprint density at radius 2 is 1.90 bits per heavy atom. The first-order valence-corrected chi connectivity index (χ1v) is 10.6. The number of aliphatic carboxylic acids is 1. The lowest BCUT2D eigenvalue weighted by Crippen LogP contribution is -2.36. The average Bonchev–Trinajstić information content (AvgIpc) is 3.28. The van der Waals surface area contributed by atoms with Crippen LogP contribution >= 0.6 is 0 Å². The number of hydrogen-bond donors (Lipinski definition) is 2. The molecule has 0 spiro atoms. The maximum absolute atomic E-state index is 12.5. The van der Waals surface area contributed by atoms with Crippen LogP contribution in [-0.2, 0) is 9.53 Å². The van der Waals surface area contributed by atoms with Crippen LogP contribution in [0.15, 0.2) is 30.5 Å². The van der Waals surface area contributed by atoms with Crippen molar-refractivity contribution in [1.82, 2.24) is 14.9 Å². The van der Waals surface area contributed by atoms with Gasteiger partial charge in [-0.1, -0.05) is 24.3 Å². The zero-order valence-corrected chi connectivity index (χ0v) is 17.7. The monoisotopic (exact) mass is 411 g/mol. The summed E-state index contributed by atoms with van der Waals surface area (Å²) >= 11 is 0. The van der Waals surface area contributed by atoms with Gasteiger partial charge in [-0.25, -0.2) is 9.78 Å². The summed E-state index contributed by atoms with van der Waals surface area (Å²) < 4.78 is 5.55. The second kappa shape index (κ2) is 7.78. The molecule has 1 aliphatic carbocycles. The van der Waals surface area contributed by atoms with Crippen molar-refractivity contribution in [3.63, 3.8) is 0 Å². The van der Waals surface area contributed by atoms with Gasteiger partial charge in [0.15, 0.2) is 0 Å². The number of benzene rings is 1. The topological polar surface area (TPSA) is 95.5 Å². The Hall–Kier alpha value is -2.83. The highest BCUT2D eigenvalue weighted by Crippen LogP contribution is 2.42. The minimum Gasteiger partial charge on any atom is -0.481 e. The van der Waals surface area contributed by atoms with E-state index in [0.717, 1.165) is 29.9 Å². The molecule has 30 heavy (non-hydrogen) atoms. The van der Waals surface area contributed by atoms with Gasteiger partial charge in [-0.2, -0.15) is 0 Å². The highest BCUT2D eigenvalue weighted by molar-refractivity contribution is 5.71. The van der Waals surface area contributed by atoms with E-state index >= 15 is 0 Å². The highest BCUT2D eigenvalue weighted by Gasteiger charge is 2.36. The van der Waals surface area contributed by atoms with E-state index in [4.69, 9.17) is 9.84 Å². The molecule has 7 nitrogen and oxygen atoms in total. The average molecular weight is 412 g/mol. The zero-order valence-electron chi connectivity index (χ0n) is 17.7. The molecule has 160 valence electrons. The summed E-state index contributed by atoms with van der Waals surface area (Å²) in [5.74, 6) is 0.212. The number of nitrogens with zero attached hydrogens (tertiary/aromatic N) is 2. The van der Waals surface area contributed by atoms with Crippen LogP contribution in [0.2, 0.25) is 0 Å². The number of carboxylic acids is 1. The molecule has 7 heteroatoms. The molecule has 1 aliphatic heterocycles. The predicted octanol–water partition coefficient (Wildman–Crippen LogP) is 4.73. The molecule has 1 saturated heterocycles. The molecule has 2 fully saturated rings. The van der Waals surface area contributed by atoms with Crippen molar-refractivity contribution in [2.45, 2.75) is 64.0 Å². The Kier molecular flexibility index (Phi) is 5.30. The molecule has 1 saturated carbocycles. The Morgan fingerprint density at radius 1 is 1.20 bits per heavy atom. The van der Waals surface area contributed by atoms with E-state index in [2.05, 4.69) is 22.1 Å². The fourth-order valence-electron chi connectivity index (χ4n) is 4.27. The van der Waals surface area contributed by atoms with Crippen LogP contribution in [0.25, 0.3) is 11.3 Å². The Labute approximate surface area is 176 Å². The molecule has 2 aromatic rings. The maximum Gasteiger partial charge on any atom is 0.410 e. The van der Waals surface area contributed by atoms with E-state index in [1.54, 1.807) is 11.1 Å². The van der Waals surface area contributed by atoms with Crippen molar-refractivity contribution in [2.24, 2.45) is 5.92 Å². The molecule has 4 rings (SSSR count). The molecule has 2 aliphatic rings. The molecule has 1 aromatic heterocycles.